The quantitative estimate of drug-likeness (QED) is 0.601. The number of aryl methyl sites for hydroxylation is 1. The molecule has 0 fully saturated rings. The number of hydrogen-bond donors (Lipinski definition) is 2. The highest BCUT2D eigenvalue weighted by atomic mass is 16.4. The number of amides is 1. The molecule has 0 aliphatic heterocycles. The first kappa shape index (κ1) is 14.7. The molecule has 0 aromatic carbocycles. The molecule has 2 N–H and O–H groups in total. The number of nitrogens with one attached hydrogen (secondary N) is 1. The molecule has 1 amide bonds. The predicted molar refractivity (Wildman–Crippen MR) is 71.0 cm³/mol. The Bertz CT molecular complexity index is 518. The largest absolute Gasteiger partial charge is 0.478 e. The van der Waals surface area contributed by atoms with Gasteiger partial charge in [-0.1, -0.05) is 0 Å². The van der Waals surface area contributed by atoms with Gasteiger partial charge in [-0.25, -0.2) is 9.78 Å². The van der Waals surface area contributed by atoms with E-state index in [2.05, 4.69) is 16.2 Å². The molecule has 0 radical (unpaired) electrons. The van der Waals surface area contributed by atoms with Gasteiger partial charge in [0, 0.05) is 13.0 Å². The van der Waals surface area contributed by atoms with Crippen LogP contribution in [0.25, 0.3) is 0 Å². The van der Waals surface area contributed by atoms with Crippen molar-refractivity contribution in [1.29, 1.82) is 0 Å². The Morgan fingerprint density at radius 1 is 1.42 bits per heavy atom. The number of hydrogen-bond acceptors (Lipinski definition) is 3. The summed E-state index contributed by atoms with van der Waals surface area (Å²) in [6.45, 7) is 2.09. The summed E-state index contributed by atoms with van der Waals surface area (Å²) in [4.78, 5) is 26.6. The lowest BCUT2D eigenvalue weighted by atomic mass is 10.2. The van der Waals surface area contributed by atoms with Crippen LogP contribution in [-0.2, 0) is 0 Å². The molecule has 0 unspecified atom stereocenters. The van der Waals surface area contributed by atoms with Crippen molar-refractivity contribution in [3.05, 3.63) is 29.1 Å². The molecular weight excluding hydrogens is 244 g/mol. The van der Waals surface area contributed by atoms with Gasteiger partial charge in [0.25, 0.3) is 5.91 Å². The minimum Gasteiger partial charge on any atom is -0.478 e. The van der Waals surface area contributed by atoms with Crippen LogP contribution in [0.3, 0.4) is 0 Å². The summed E-state index contributed by atoms with van der Waals surface area (Å²) in [5.74, 6) is 1.18. The van der Waals surface area contributed by atoms with Crippen LogP contribution in [0.4, 0.5) is 0 Å². The van der Waals surface area contributed by atoms with Crippen molar-refractivity contribution in [2.75, 3.05) is 6.54 Å². The monoisotopic (exact) mass is 260 g/mol. The number of unbranched alkanes of at least 4 members (excludes halogenated alkanes) is 2. The summed E-state index contributed by atoms with van der Waals surface area (Å²) in [6, 6.07) is 2.80. The van der Waals surface area contributed by atoms with E-state index >= 15 is 0 Å². The van der Waals surface area contributed by atoms with E-state index in [1.807, 2.05) is 0 Å². The van der Waals surface area contributed by atoms with Gasteiger partial charge in [-0.05, 0) is 31.9 Å². The molecule has 5 heteroatoms. The molecule has 0 saturated heterocycles. The molecule has 1 aromatic heterocycles. The van der Waals surface area contributed by atoms with Crippen molar-refractivity contribution in [1.82, 2.24) is 10.3 Å². The van der Waals surface area contributed by atoms with E-state index in [1.165, 1.54) is 12.1 Å². The standard InChI is InChI=1S/C14H16N2O3/c1-3-4-5-6-9-15-13(17)12-8-7-11(14(18)19)10(2)16-12/h1,7-8H,4-6,9H2,2H3,(H,15,17)(H,18,19). The van der Waals surface area contributed by atoms with Crippen LogP contribution in [0.2, 0.25) is 0 Å². The Kier molecular flexibility index (Phi) is 5.55. The van der Waals surface area contributed by atoms with Gasteiger partial charge in [0.2, 0.25) is 0 Å². The average Bonchev–Trinajstić information content (AvgIpc) is 2.37. The van der Waals surface area contributed by atoms with E-state index in [0.717, 1.165) is 12.8 Å². The van der Waals surface area contributed by atoms with Crippen LogP contribution in [0.1, 0.15) is 45.8 Å². The van der Waals surface area contributed by atoms with Crippen molar-refractivity contribution in [2.24, 2.45) is 0 Å². The molecule has 0 aliphatic rings. The number of carboxylic acid groups (broad SMARTS) is 1. The first-order valence-corrected chi connectivity index (χ1v) is 5.99. The number of aromatic carboxylic acids is 1. The van der Waals surface area contributed by atoms with Crippen LogP contribution in [0.5, 0.6) is 0 Å². The Labute approximate surface area is 112 Å². The number of carbonyl (C=O) groups is 2. The van der Waals surface area contributed by atoms with Gasteiger partial charge in [0.15, 0.2) is 0 Å². The van der Waals surface area contributed by atoms with Crippen LogP contribution >= 0.6 is 0 Å². The summed E-state index contributed by atoms with van der Waals surface area (Å²) in [5.41, 5.74) is 0.650. The summed E-state index contributed by atoms with van der Waals surface area (Å²) in [5, 5.41) is 11.6. The zero-order valence-corrected chi connectivity index (χ0v) is 10.8. The zero-order valence-electron chi connectivity index (χ0n) is 10.8. The maximum absolute atomic E-state index is 11.7. The minimum absolute atomic E-state index is 0.102. The summed E-state index contributed by atoms with van der Waals surface area (Å²) in [7, 11) is 0. The Morgan fingerprint density at radius 3 is 2.74 bits per heavy atom. The fourth-order valence-corrected chi connectivity index (χ4v) is 1.56. The van der Waals surface area contributed by atoms with Gasteiger partial charge in [-0.2, -0.15) is 0 Å². The van der Waals surface area contributed by atoms with Crippen molar-refractivity contribution < 1.29 is 14.7 Å². The third kappa shape index (κ3) is 4.43. The average molecular weight is 260 g/mol. The third-order valence-electron chi connectivity index (χ3n) is 2.58. The molecule has 1 rings (SSSR count). The van der Waals surface area contributed by atoms with Gasteiger partial charge in [0.1, 0.15) is 5.69 Å². The Morgan fingerprint density at radius 2 is 2.16 bits per heavy atom. The molecule has 0 spiro atoms. The van der Waals surface area contributed by atoms with Crippen LogP contribution < -0.4 is 5.32 Å². The SMILES string of the molecule is C#CCCCCNC(=O)c1ccc(C(=O)O)c(C)n1. The van der Waals surface area contributed by atoms with E-state index < -0.39 is 5.97 Å². The van der Waals surface area contributed by atoms with Crippen molar-refractivity contribution >= 4 is 11.9 Å². The van der Waals surface area contributed by atoms with Gasteiger partial charge in [-0.15, -0.1) is 12.3 Å². The van der Waals surface area contributed by atoms with Gasteiger partial charge >= 0.3 is 5.97 Å². The fourth-order valence-electron chi connectivity index (χ4n) is 1.56. The topological polar surface area (TPSA) is 79.3 Å². The van der Waals surface area contributed by atoms with Crippen LogP contribution in [-0.4, -0.2) is 28.5 Å². The van der Waals surface area contributed by atoms with Gasteiger partial charge in [-0.3, -0.25) is 4.79 Å². The summed E-state index contributed by atoms with van der Waals surface area (Å²) >= 11 is 0. The number of nitrogens with zero attached hydrogens (tertiary/aromatic N) is 1. The first-order chi connectivity index (χ1) is 9.06. The van der Waals surface area contributed by atoms with Crippen LogP contribution in [0, 0.1) is 19.3 Å². The highest BCUT2D eigenvalue weighted by Crippen LogP contribution is 2.07. The number of aromatic nitrogens is 1. The number of terminal acetylenes is 1. The third-order valence-corrected chi connectivity index (χ3v) is 2.58. The van der Waals surface area contributed by atoms with Gasteiger partial charge < -0.3 is 10.4 Å². The summed E-state index contributed by atoms with van der Waals surface area (Å²) in [6.07, 6.45) is 7.49. The van der Waals surface area contributed by atoms with Gasteiger partial charge in [0.05, 0.1) is 11.3 Å². The minimum atomic E-state index is -1.05. The highest BCUT2D eigenvalue weighted by molar-refractivity contribution is 5.94. The normalized spacial score (nSPS) is 9.68. The molecule has 0 saturated carbocycles. The lowest BCUT2D eigenvalue weighted by Crippen LogP contribution is -2.25. The molecule has 0 aliphatic carbocycles. The molecule has 5 nitrogen and oxygen atoms in total. The van der Waals surface area contributed by atoms with Crippen molar-refractivity contribution in [3.63, 3.8) is 0 Å². The molecule has 19 heavy (non-hydrogen) atoms. The van der Waals surface area contributed by atoms with E-state index in [4.69, 9.17) is 11.5 Å². The number of carbonyl (C=O) groups excluding carboxylic acids is 1. The van der Waals surface area contributed by atoms with Crippen molar-refractivity contribution in [3.8, 4) is 12.3 Å². The fraction of sp³-hybridized carbons (Fsp3) is 0.357. The number of pyridine rings is 1. The van der Waals surface area contributed by atoms with Crippen LogP contribution in [0.15, 0.2) is 12.1 Å². The highest BCUT2D eigenvalue weighted by Gasteiger charge is 2.12. The molecular formula is C14H16N2O3. The van der Waals surface area contributed by atoms with E-state index in [1.54, 1.807) is 6.92 Å². The molecule has 0 atom stereocenters. The second-order valence-electron chi connectivity index (χ2n) is 4.05. The van der Waals surface area contributed by atoms with E-state index in [9.17, 15) is 9.59 Å². The maximum Gasteiger partial charge on any atom is 0.337 e. The molecule has 1 aromatic rings. The van der Waals surface area contributed by atoms with Crippen molar-refractivity contribution in [2.45, 2.75) is 26.2 Å². The second-order valence-corrected chi connectivity index (χ2v) is 4.05. The molecule has 1 heterocycles. The van der Waals surface area contributed by atoms with E-state index in [0.29, 0.717) is 18.7 Å². The Balaban J connectivity index is 2.56. The number of carboxylic acids is 1. The lowest BCUT2D eigenvalue weighted by molar-refractivity contribution is 0.0694. The van der Waals surface area contributed by atoms with E-state index in [-0.39, 0.29) is 17.2 Å². The molecule has 0 bridgehead atoms. The number of rotatable bonds is 6. The predicted octanol–water partition coefficient (Wildman–Crippen LogP) is 1.62. The lowest BCUT2D eigenvalue weighted by Gasteiger charge is -2.06. The molecule has 100 valence electrons. The zero-order chi connectivity index (χ0) is 14.3. The maximum atomic E-state index is 11.7. The second kappa shape index (κ2) is 7.17. The Hall–Kier alpha value is -2.35. The smallest absolute Gasteiger partial charge is 0.337 e. The summed E-state index contributed by atoms with van der Waals surface area (Å²) < 4.78 is 0. The first-order valence-electron chi connectivity index (χ1n) is 5.99.